The predicted octanol–water partition coefficient (Wildman–Crippen LogP) is 3.89. The van der Waals surface area contributed by atoms with E-state index in [0.717, 1.165) is 63.5 Å². The van der Waals surface area contributed by atoms with Crippen LogP contribution in [0, 0.1) is 5.92 Å². The molecule has 0 aromatic heterocycles. The SMILES string of the molecule is CCC[C@H](CN1CCc2ccccc2C1)CN1CCOc2ccc(NC3=NCCN=C3)cc2C1=O. The number of nitrogens with zero attached hydrogens (tertiary/aromatic N) is 4. The van der Waals surface area contributed by atoms with Crippen LogP contribution in [-0.4, -0.2) is 73.6 Å². The van der Waals surface area contributed by atoms with E-state index in [9.17, 15) is 4.79 Å². The minimum absolute atomic E-state index is 0.0468. The van der Waals surface area contributed by atoms with Crippen molar-refractivity contribution in [3.05, 3.63) is 59.2 Å². The molecule has 0 bridgehead atoms. The molecule has 0 saturated carbocycles. The highest BCUT2D eigenvalue weighted by atomic mass is 16.5. The van der Waals surface area contributed by atoms with E-state index in [1.165, 1.54) is 11.1 Å². The van der Waals surface area contributed by atoms with Crippen molar-refractivity contribution in [3.8, 4) is 5.75 Å². The number of hydrogen-bond acceptors (Lipinski definition) is 6. The maximum absolute atomic E-state index is 13.6. The van der Waals surface area contributed by atoms with Crippen LogP contribution >= 0.6 is 0 Å². The monoisotopic (exact) mass is 473 g/mol. The number of hydrogen-bond donors (Lipinski definition) is 1. The Morgan fingerprint density at radius 3 is 2.80 bits per heavy atom. The molecule has 0 aliphatic carbocycles. The van der Waals surface area contributed by atoms with Crippen molar-refractivity contribution in [1.29, 1.82) is 0 Å². The number of amides is 1. The summed E-state index contributed by atoms with van der Waals surface area (Å²) in [6.45, 7) is 8.61. The maximum atomic E-state index is 13.6. The lowest BCUT2D eigenvalue weighted by atomic mass is 9.96. The fourth-order valence-corrected chi connectivity index (χ4v) is 5.29. The van der Waals surface area contributed by atoms with Crippen LogP contribution in [-0.2, 0) is 13.0 Å². The summed E-state index contributed by atoms with van der Waals surface area (Å²) >= 11 is 0. The molecule has 7 nitrogen and oxygen atoms in total. The molecule has 0 radical (unpaired) electrons. The molecule has 0 unspecified atom stereocenters. The average molecular weight is 474 g/mol. The number of benzene rings is 2. The molecule has 7 heteroatoms. The first-order valence-corrected chi connectivity index (χ1v) is 12.9. The van der Waals surface area contributed by atoms with Gasteiger partial charge < -0.3 is 15.0 Å². The van der Waals surface area contributed by atoms with Crippen molar-refractivity contribution in [2.75, 3.05) is 51.2 Å². The summed E-state index contributed by atoms with van der Waals surface area (Å²) in [7, 11) is 0. The van der Waals surface area contributed by atoms with E-state index in [0.29, 0.717) is 36.9 Å². The zero-order valence-corrected chi connectivity index (χ0v) is 20.6. The molecule has 3 heterocycles. The van der Waals surface area contributed by atoms with Crippen LogP contribution in [0.15, 0.2) is 52.4 Å². The number of carbonyl (C=O) groups is 1. The molecule has 3 aliphatic heterocycles. The summed E-state index contributed by atoms with van der Waals surface area (Å²) in [5.74, 6) is 1.86. The maximum Gasteiger partial charge on any atom is 0.257 e. The van der Waals surface area contributed by atoms with E-state index >= 15 is 0 Å². The van der Waals surface area contributed by atoms with E-state index in [2.05, 4.69) is 51.4 Å². The Balaban J connectivity index is 1.27. The van der Waals surface area contributed by atoms with Crippen molar-refractivity contribution in [3.63, 3.8) is 0 Å². The van der Waals surface area contributed by atoms with Gasteiger partial charge in [-0.2, -0.15) is 0 Å². The van der Waals surface area contributed by atoms with Gasteiger partial charge in [-0.25, -0.2) is 0 Å². The van der Waals surface area contributed by atoms with Crippen LogP contribution in [0.3, 0.4) is 0 Å². The van der Waals surface area contributed by atoms with Crippen molar-refractivity contribution in [2.24, 2.45) is 15.9 Å². The fourth-order valence-electron chi connectivity index (χ4n) is 5.29. The second kappa shape index (κ2) is 11.0. The lowest BCUT2D eigenvalue weighted by Gasteiger charge is -2.34. The van der Waals surface area contributed by atoms with E-state index in [-0.39, 0.29) is 5.91 Å². The van der Waals surface area contributed by atoms with Crippen molar-refractivity contribution in [1.82, 2.24) is 9.80 Å². The van der Waals surface area contributed by atoms with Crippen LogP contribution in [0.2, 0.25) is 0 Å². The zero-order chi connectivity index (χ0) is 24.0. The fraction of sp³-hybridized carbons (Fsp3) is 0.464. The van der Waals surface area contributed by atoms with Crippen LogP contribution < -0.4 is 10.1 Å². The van der Waals surface area contributed by atoms with Crippen LogP contribution in [0.25, 0.3) is 0 Å². The number of carbonyl (C=O) groups excluding carboxylic acids is 1. The van der Waals surface area contributed by atoms with E-state index in [1.807, 2.05) is 23.1 Å². The second-order valence-corrected chi connectivity index (χ2v) is 9.65. The number of anilines is 1. The molecule has 0 fully saturated rings. The second-order valence-electron chi connectivity index (χ2n) is 9.65. The molecule has 2 aromatic carbocycles. The first-order chi connectivity index (χ1) is 17.2. The van der Waals surface area contributed by atoms with Gasteiger partial charge in [0.2, 0.25) is 0 Å². The first kappa shape index (κ1) is 23.5. The molecule has 0 saturated heterocycles. The van der Waals surface area contributed by atoms with Crippen LogP contribution in [0.4, 0.5) is 5.69 Å². The predicted molar refractivity (Wildman–Crippen MR) is 141 cm³/mol. The van der Waals surface area contributed by atoms with Gasteiger partial charge in [0.25, 0.3) is 5.91 Å². The van der Waals surface area contributed by atoms with Gasteiger partial charge in [0.1, 0.15) is 18.2 Å². The smallest absolute Gasteiger partial charge is 0.257 e. The summed E-state index contributed by atoms with van der Waals surface area (Å²) in [5, 5.41) is 3.28. The molecule has 1 atom stereocenters. The van der Waals surface area contributed by atoms with E-state index in [4.69, 9.17) is 4.74 Å². The minimum atomic E-state index is 0.0468. The molecule has 5 rings (SSSR count). The summed E-state index contributed by atoms with van der Waals surface area (Å²) in [5.41, 5.74) is 4.35. The molecule has 3 aliphatic rings. The lowest BCUT2D eigenvalue weighted by molar-refractivity contribution is 0.0700. The molecule has 1 amide bonds. The van der Waals surface area contributed by atoms with Gasteiger partial charge in [-0.1, -0.05) is 37.6 Å². The molecule has 0 spiro atoms. The Morgan fingerprint density at radius 2 is 1.97 bits per heavy atom. The van der Waals surface area contributed by atoms with Gasteiger partial charge in [-0.3, -0.25) is 19.7 Å². The summed E-state index contributed by atoms with van der Waals surface area (Å²) < 4.78 is 5.97. The van der Waals surface area contributed by atoms with Gasteiger partial charge in [-0.15, -0.1) is 0 Å². The summed E-state index contributed by atoms with van der Waals surface area (Å²) in [6.07, 6.45) is 5.07. The van der Waals surface area contributed by atoms with Crippen molar-refractivity contribution >= 4 is 23.6 Å². The minimum Gasteiger partial charge on any atom is -0.491 e. The normalized spacial score (nSPS) is 18.7. The van der Waals surface area contributed by atoms with Crippen LogP contribution in [0.1, 0.15) is 41.3 Å². The van der Waals surface area contributed by atoms with Gasteiger partial charge in [0.05, 0.1) is 31.4 Å². The van der Waals surface area contributed by atoms with E-state index in [1.54, 1.807) is 6.21 Å². The lowest BCUT2D eigenvalue weighted by Crippen LogP contribution is -2.42. The molecule has 1 N–H and O–H groups in total. The highest BCUT2D eigenvalue weighted by Gasteiger charge is 2.27. The Bertz CT molecular complexity index is 1110. The molecular weight excluding hydrogens is 438 g/mol. The van der Waals surface area contributed by atoms with Crippen LogP contribution in [0.5, 0.6) is 5.75 Å². The first-order valence-electron chi connectivity index (χ1n) is 12.9. The topological polar surface area (TPSA) is 69.5 Å². The quantitative estimate of drug-likeness (QED) is 0.662. The van der Waals surface area contributed by atoms with Gasteiger partial charge >= 0.3 is 0 Å². The van der Waals surface area contributed by atoms with E-state index < -0.39 is 0 Å². The molecule has 184 valence electrons. The Morgan fingerprint density at radius 1 is 1.09 bits per heavy atom. The highest BCUT2D eigenvalue weighted by Crippen LogP contribution is 2.28. The van der Waals surface area contributed by atoms with Gasteiger partial charge in [0.15, 0.2) is 0 Å². The third kappa shape index (κ3) is 5.73. The largest absolute Gasteiger partial charge is 0.491 e. The summed E-state index contributed by atoms with van der Waals surface area (Å²) in [6, 6.07) is 14.5. The number of fused-ring (bicyclic) bond motifs is 2. The van der Waals surface area contributed by atoms with Gasteiger partial charge in [0, 0.05) is 31.9 Å². The zero-order valence-electron chi connectivity index (χ0n) is 20.6. The number of rotatable bonds is 7. The Hall–Kier alpha value is -3.19. The molecular formula is C28H35N5O2. The third-order valence-corrected chi connectivity index (χ3v) is 7.01. The molecule has 2 aromatic rings. The highest BCUT2D eigenvalue weighted by molar-refractivity contribution is 6.35. The number of nitrogens with one attached hydrogen (secondary N) is 1. The number of aliphatic imine (C=N–C) groups is 2. The molecule has 35 heavy (non-hydrogen) atoms. The van der Waals surface area contributed by atoms with Gasteiger partial charge in [-0.05, 0) is 48.1 Å². The summed E-state index contributed by atoms with van der Waals surface area (Å²) in [4.78, 5) is 26.9. The Kier molecular flexibility index (Phi) is 7.42. The average Bonchev–Trinajstić information content (AvgIpc) is 3.03. The van der Waals surface area contributed by atoms with Crippen molar-refractivity contribution < 1.29 is 9.53 Å². The third-order valence-electron chi connectivity index (χ3n) is 7.01. The Labute approximate surface area is 207 Å². The number of ether oxygens (including phenoxy) is 1. The standard InChI is InChI=1S/C28H35N5O2/c1-2-5-21(18-32-13-10-22-6-3-4-7-23(22)20-32)19-33-14-15-35-26-9-8-24(16-25(26)28(33)34)31-27-17-29-11-12-30-27/h3-4,6-9,16-17,21H,2,5,10-15,18-20H2,1H3,(H,30,31)/t21-/m1/s1. The number of amidine groups is 1. The van der Waals surface area contributed by atoms with Crippen molar-refractivity contribution in [2.45, 2.75) is 32.7 Å².